The van der Waals surface area contributed by atoms with Gasteiger partial charge in [-0.2, -0.15) is 0 Å². The van der Waals surface area contributed by atoms with Crippen LogP contribution in [0, 0.1) is 0 Å². The second kappa shape index (κ2) is 8.50. The van der Waals surface area contributed by atoms with E-state index in [2.05, 4.69) is 16.9 Å². The molecule has 1 aromatic rings. The largest absolute Gasteiger partial charge is 0.303 e. The average Bonchev–Trinajstić information content (AvgIpc) is 2.29. The fourth-order valence-electron chi connectivity index (χ4n) is 0.999. The third-order valence-corrected chi connectivity index (χ3v) is 2.65. The third-order valence-electron chi connectivity index (χ3n) is 1.54. The van der Waals surface area contributed by atoms with Crippen molar-refractivity contribution in [3.63, 3.8) is 0 Å². The van der Waals surface area contributed by atoms with Crippen molar-refractivity contribution in [3.05, 3.63) is 41.6 Å². The van der Waals surface area contributed by atoms with Crippen molar-refractivity contribution in [2.75, 3.05) is 7.05 Å². The SMILES string of the molecule is C=C(C)SC(NC)c1ccccn1.CC. The zero-order valence-electron chi connectivity index (χ0n) is 9.95. The van der Waals surface area contributed by atoms with Crippen LogP contribution in [0.25, 0.3) is 0 Å². The molecular formula is C12H20N2S. The molecule has 0 radical (unpaired) electrons. The van der Waals surface area contributed by atoms with E-state index in [1.54, 1.807) is 18.0 Å². The van der Waals surface area contributed by atoms with E-state index in [9.17, 15) is 0 Å². The van der Waals surface area contributed by atoms with Crippen molar-refractivity contribution in [2.45, 2.75) is 26.1 Å². The summed E-state index contributed by atoms with van der Waals surface area (Å²) < 4.78 is 0. The van der Waals surface area contributed by atoms with Gasteiger partial charge in [0.2, 0.25) is 0 Å². The molecule has 0 bridgehead atoms. The molecule has 3 heteroatoms. The zero-order valence-corrected chi connectivity index (χ0v) is 10.8. The van der Waals surface area contributed by atoms with Crippen LogP contribution in [-0.4, -0.2) is 12.0 Å². The molecule has 15 heavy (non-hydrogen) atoms. The predicted octanol–water partition coefficient (Wildman–Crippen LogP) is 3.59. The first-order chi connectivity index (χ1) is 7.24. The van der Waals surface area contributed by atoms with Gasteiger partial charge in [0.15, 0.2) is 0 Å². The molecule has 0 amide bonds. The molecule has 1 rings (SSSR count). The number of aromatic nitrogens is 1. The minimum atomic E-state index is 0.207. The third kappa shape index (κ3) is 5.60. The molecule has 0 fully saturated rings. The fourth-order valence-corrected chi connectivity index (χ4v) is 1.78. The van der Waals surface area contributed by atoms with Crippen molar-refractivity contribution >= 4 is 11.8 Å². The standard InChI is InChI=1S/C10H14N2S.C2H6/c1-8(2)13-10(11-3)9-6-4-5-7-12-9;1-2/h4-7,10-11H,1H2,2-3H3;1-2H3. The van der Waals surface area contributed by atoms with E-state index in [-0.39, 0.29) is 5.37 Å². The van der Waals surface area contributed by atoms with Gasteiger partial charge in [0.05, 0.1) is 5.69 Å². The maximum absolute atomic E-state index is 4.28. The summed E-state index contributed by atoms with van der Waals surface area (Å²) in [6.45, 7) is 9.86. The first kappa shape index (κ1) is 14.2. The highest BCUT2D eigenvalue weighted by Crippen LogP contribution is 2.29. The average molecular weight is 224 g/mol. The van der Waals surface area contributed by atoms with Crippen molar-refractivity contribution in [1.29, 1.82) is 0 Å². The summed E-state index contributed by atoms with van der Waals surface area (Å²) in [5.41, 5.74) is 1.04. The minimum absolute atomic E-state index is 0.207. The molecule has 1 aromatic heterocycles. The van der Waals surface area contributed by atoms with Crippen LogP contribution in [0.5, 0.6) is 0 Å². The Balaban J connectivity index is 0.000000921. The highest BCUT2D eigenvalue weighted by Gasteiger charge is 2.09. The maximum Gasteiger partial charge on any atom is 0.100 e. The molecule has 0 aromatic carbocycles. The number of hydrogen-bond donors (Lipinski definition) is 1. The summed E-state index contributed by atoms with van der Waals surface area (Å²) in [4.78, 5) is 5.37. The first-order valence-electron chi connectivity index (χ1n) is 5.14. The smallest absolute Gasteiger partial charge is 0.100 e. The molecule has 0 aliphatic carbocycles. The second-order valence-electron chi connectivity index (χ2n) is 2.74. The van der Waals surface area contributed by atoms with E-state index in [4.69, 9.17) is 0 Å². The first-order valence-corrected chi connectivity index (χ1v) is 6.02. The fraction of sp³-hybridized carbons (Fsp3) is 0.417. The Morgan fingerprint density at radius 2 is 2.13 bits per heavy atom. The minimum Gasteiger partial charge on any atom is -0.303 e. The molecule has 1 heterocycles. The molecule has 0 saturated heterocycles. The summed E-state index contributed by atoms with van der Waals surface area (Å²) in [5.74, 6) is 0. The van der Waals surface area contributed by atoms with Crippen molar-refractivity contribution in [2.24, 2.45) is 0 Å². The van der Waals surface area contributed by atoms with Crippen LogP contribution in [0.15, 0.2) is 35.9 Å². The molecule has 0 spiro atoms. The lowest BCUT2D eigenvalue weighted by molar-refractivity contribution is 0.771. The van der Waals surface area contributed by atoms with E-state index in [0.29, 0.717) is 0 Å². The van der Waals surface area contributed by atoms with Gasteiger partial charge in [-0.25, -0.2) is 0 Å². The predicted molar refractivity (Wildman–Crippen MR) is 69.8 cm³/mol. The van der Waals surface area contributed by atoms with Gasteiger partial charge >= 0.3 is 0 Å². The molecule has 0 aliphatic heterocycles. The molecule has 1 atom stereocenters. The molecule has 0 saturated carbocycles. The number of pyridine rings is 1. The summed E-state index contributed by atoms with van der Waals surface area (Å²) in [6.07, 6.45) is 1.80. The van der Waals surface area contributed by atoms with Gasteiger partial charge in [0, 0.05) is 6.20 Å². The van der Waals surface area contributed by atoms with Crippen LogP contribution in [-0.2, 0) is 0 Å². The Bertz CT molecular complexity index is 272. The molecular weight excluding hydrogens is 204 g/mol. The summed E-state index contributed by atoms with van der Waals surface area (Å²) in [6, 6.07) is 5.92. The van der Waals surface area contributed by atoms with Gasteiger partial charge in [-0.15, -0.1) is 11.8 Å². The monoisotopic (exact) mass is 224 g/mol. The number of nitrogens with zero attached hydrogens (tertiary/aromatic N) is 1. The highest BCUT2D eigenvalue weighted by molar-refractivity contribution is 8.03. The Kier molecular flexibility index (Phi) is 8.05. The Morgan fingerprint density at radius 1 is 1.47 bits per heavy atom. The lowest BCUT2D eigenvalue weighted by Crippen LogP contribution is -2.13. The number of nitrogens with one attached hydrogen (secondary N) is 1. The molecule has 84 valence electrons. The molecule has 1 N–H and O–H groups in total. The summed E-state index contributed by atoms with van der Waals surface area (Å²) in [7, 11) is 1.93. The van der Waals surface area contributed by atoms with E-state index in [1.807, 2.05) is 46.0 Å². The number of rotatable bonds is 4. The Labute approximate surface area is 97.2 Å². The van der Waals surface area contributed by atoms with E-state index in [1.165, 1.54) is 0 Å². The summed E-state index contributed by atoms with van der Waals surface area (Å²) >= 11 is 1.68. The van der Waals surface area contributed by atoms with Crippen LogP contribution in [0.1, 0.15) is 31.8 Å². The van der Waals surface area contributed by atoms with Crippen molar-refractivity contribution in [1.82, 2.24) is 10.3 Å². The highest BCUT2D eigenvalue weighted by atomic mass is 32.2. The molecule has 2 nitrogen and oxygen atoms in total. The second-order valence-corrected chi connectivity index (χ2v) is 4.15. The lowest BCUT2D eigenvalue weighted by Gasteiger charge is -2.14. The van der Waals surface area contributed by atoms with Crippen molar-refractivity contribution in [3.8, 4) is 0 Å². The normalized spacial score (nSPS) is 11.2. The quantitative estimate of drug-likeness (QED) is 0.791. The van der Waals surface area contributed by atoms with Crippen LogP contribution >= 0.6 is 11.8 Å². The van der Waals surface area contributed by atoms with Crippen LogP contribution in [0.4, 0.5) is 0 Å². The van der Waals surface area contributed by atoms with Crippen LogP contribution < -0.4 is 5.32 Å². The van der Waals surface area contributed by atoms with E-state index < -0.39 is 0 Å². The van der Waals surface area contributed by atoms with Gasteiger partial charge in [-0.1, -0.05) is 26.5 Å². The van der Waals surface area contributed by atoms with Crippen LogP contribution in [0.3, 0.4) is 0 Å². The van der Waals surface area contributed by atoms with Crippen LogP contribution in [0.2, 0.25) is 0 Å². The number of hydrogen-bond acceptors (Lipinski definition) is 3. The number of thioether (sulfide) groups is 1. The topological polar surface area (TPSA) is 24.9 Å². The van der Waals surface area contributed by atoms with Gasteiger partial charge in [-0.05, 0) is 31.0 Å². The van der Waals surface area contributed by atoms with Crippen molar-refractivity contribution < 1.29 is 0 Å². The Hall–Kier alpha value is -0.800. The van der Waals surface area contributed by atoms with Gasteiger partial charge in [0.1, 0.15) is 5.37 Å². The van der Waals surface area contributed by atoms with Gasteiger partial charge < -0.3 is 5.32 Å². The lowest BCUT2D eigenvalue weighted by atomic mass is 10.3. The number of allylic oxidation sites excluding steroid dienone is 1. The molecule has 1 unspecified atom stereocenters. The summed E-state index contributed by atoms with van der Waals surface area (Å²) in [5, 5.41) is 3.40. The zero-order chi connectivity index (χ0) is 11.7. The van der Waals surface area contributed by atoms with Gasteiger partial charge in [0.25, 0.3) is 0 Å². The van der Waals surface area contributed by atoms with Gasteiger partial charge in [-0.3, -0.25) is 4.98 Å². The van der Waals surface area contributed by atoms with E-state index >= 15 is 0 Å². The van der Waals surface area contributed by atoms with E-state index in [0.717, 1.165) is 10.6 Å². The maximum atomic E-state index is 4.28. The Morgan fingerprint density at radius 3 is 2.53 bits per heavy atom. The molecule has 0 aliphatic rings.